The van der Waals surface area contributed by atoms with Gasteiger partial charge in [0.2, 0.25) is 5.58 Å². The Kier molecular flexibility index (Phi) is 6.55. The second-order valence-corrected chi connectivity index (χ2v) is 7.67. The molecule has 27 heavy (non-hydrogen) atoms. The highest BCUT2D eigenvalue weighted by atomic mass is 35.5. The van der Waals surface area contributed by atoms with Crippen LogP contribution in [0.1, 0.15) is 32.1 Å². The standard InChI is InChI=1S/C19H26F2N4O.ClH/c20-14-11-16-18(17(21)12-14)26-23-19(16)25-9-7-24(8-10-25)6-5-13-1-3-15(22)4-2-13;/h11-13,15H,1-10,22H2;1H. The first kappa shape index (κ1) is 20.3. The first-order valence-electron chi connectivity index (χ1n) is 9.57. The molecule has 0 radical (unpaired) electrons. The summed E-state index contributed by atoms with van der Waals surface area (Å²) in [4.78, 5) is 4.52. The number of nitrogens with zero attached hydrogens (tertiary/aromatic N) is 3. The first-order chi connectivity index (χ1) is 12.6. The van der Waals surface area contributed by atoms with E-state index < -0.39 is 11.6 Å². The average Bonchev–Trinajstić information content (AvgIpc) is 3.06. The highest BCUT2D eigenvalue weighted by molar-refractivity contribution is 5.89. The molecule has 0 unspecified atom stereocenters. The minimum atomic E-state index is -0.704. The van der Waals surface area contributed by atoms with Crippen molar-refractivity contribution in [1.82, 2.24) is 10.1 Å². The summed E-state index contributed by atoms with van der Waals surface area (Å²) in [5.41, 5.74) is 6.01. The van der Waals surface area contributed by atoms with Crippen LogP contribution >= 0.6 is 12.4 Å². The molecule has 2 aliphatic rings. The Bertz CT molecular complexity index is 755. The van der Waals surface area contributed by atoms with Crippen molar-refractivity contribution in [1.29, 1.82) is 0 Å². The maximum Gasteiger partial charge on any atom is 0.204 e. The molecule has 0 bridgehead atoms. The number of nitrogens with two attached hydrogens (primary N) is 1. The van der Waals surface area contributed by atoms with Gasteiger partial charge >= 0.3 is 0 Å². The van der Waals surface area contributed by atoms with E-state index in [4.69, 9.17) is 10.3 Å². The molecule has 2 N–H and O–H groups in total. The number of fused-ring (bicyclic) bond motifs is 1. The van der Waals surface area contributed by atoms with Crippen molar-refractivity contribution in [3.05, 3.63) is 23.8 Å². The minimum absolute atomic E-state index is 0. The van der Waals surface area contributed by atoms with Crippen molar-refractivity contribution in [2.24, 2.45) is 11.7 Å². The maximum atomic E-state index is 13.8. The Morgan fingerprint density at radius 3 is 2.48 bits per heavy atom. The SMILES string of the molecule is Cl.NC1CCC(CCN2CCN(c3noc4c(F)cc(F)cc34)CC2)CC1. The zero-order valence-electron chi connectivity index (χ0n) is 15.4. The molecule has 1 aliphatic heterocycles. The number of aromatic nitrogens is 1. The van der Waals surface area contributed by atoms with E-state index in [1.165, 1.54) is 25.3 Å². The summed E-state index contributed by atoms with van der Waals surface area (Å²) in [6.07, 6.45) is 6.05. The third kappa shape index (κ3) is 4.52. The molecule has 1 saturated carbocycles. The molecule has 0 spiro atoms. The topological polar surface area (TPSA) is 58.5 Å². The summed E-state index contributed by atoms with van der Waals surface area (Å²) >= 11 is 0. The first-order valence-corrected chi connectivity index (χ1v) is 9.57. The number of hydrogen-bond acceptors (Lipinski definition) is 5. The molecule has 2 aromatic rings. The molecule has 1 aromatic carbocycles. The molecule has 1 aliphatic carbocycles. The number of halogens is 3. The van der Waals surface area contributed by atoms with E-state index in [0.29, 0.717) is 17.2 Å². The summed E-state index contributed by atoms with van der Waals surface area (Å²) in [5.74, 6) is 0.0347. The monoisotopic (exact) mass is 400 g/mol. The van der Waals surface area contributed by atoms with E-state index >= 15 is 0 Å². The molecule has 1 aromatic heterocycles. The Balaban J connectivity index is 0.00000210. The lowest BCUT2D eigenvalue weighted by atomic mass is 9.84. The van der Waals surface area contributed by atoms with Crippen LogP contribution < -0.4 is 10.6 Å². The van der Waals surface area contributed by atoms with Crippen LogP contribution in [-0.2, 0) is 0 Å². The number of rotatable bonds is 4. The van der Waals surface area contributed by atoms with E-state index in [9.17, 15) is 8.78 Å². The Hall–Kier alpha value is -1.44. The lowest BCUT2D eigenvalue weighted by Crippen LogP contribution is -2.47. The third-order valence-electron chi connectivity index (χ3n) is 5.89. The van der Waals surface area contributed by atoms with Crippen molar-refractivity contribution in [2.45, 2.75) is 38.1 Å². The molecular formula is C19H27ClF2N4O. The van der Waals surface area contributed by atoms with Gasteiger partial charge in [0.25, 0.3) is 0 Å². The van der Waals surface area contributed by atoms with Gasteiger partial charge in [0.15, 0.2) is 11.6 Å². The molecule has 2 fully saturated rings. The van der Waals surface area contributed by atoms with Crippen LogP contribution in [0.25, 0.3) is 11.0 Å². The Morgan fingerprint density at radius 1 is 1.07 bits per heavy atom. The zero-order valence-corrected chi connectivity index (χ0v) is 16.2. The summed E-state index contributed by atoms with van der Waals surface area (Å²) in [6.45, 7) is 4.54. The second-order valence-electron chi connectivity index (χ2n) is 7.67. The van der Waals surface area contributed by atoms with Crippen LogP contribution in [0.5, 0.6) is 0 Å². The number of piperazine rings is 1. The molecule has 1 saturated heterocycles. The predicted molar refractivity (Wildman–Crippen MR) is 104 cm³/mol. The number of hydrogen-bond donors (Lipinski definition) is 1. The van der Waals surface area contributed by atoms with Gasteiger partial charge in [-0.3, -0.25) is 4.90 Å². The van der Waals surface area contributed by atoms with Crippen LogP contribution in [0.2, 0.25) is 0 Å². The van der Waals surface area contributed by atoms with Crippen molar-refractivity contribution in [3.63, 3.8) is 0 Å². The highest BCUT2D eigenvalue weighted by Crippen LogP contribution is 2.30. The van der Waals surface area contributed by atoms with Crippen LogP contribution in [0.3, 0.4) is 0 Å². The predicted octanol–water partition coefficient (Wildman–Crippen LogP) is 3.56. The summed E-state index contributed by atoms with van der Waals surface area (Å²) in [6, 6.07) is 2.53. The second kappa shape index (κ2) is 8.71. The Morgan fingerprint density at radius 2 is 1.78 bits per heavy atom. The summed E-state index contributed by atoms with van der Waals surface area (Å²) < 4.78 is 32.4. The summed E-state index contributed by atoms with van der Waals surface area (Å²) in [5, 5.41) is 4.40. The smallest absolute Gasteiger partial charge is 0.204 e. The number of benzene rings is 1. The summed E-state index contributed by atoms with van der Waals surface area (Å²) in [7, 11) is 0. The molecular weight excluding hydrogens is 374 g/mol. The fourth-order valence-corrected chi connectivity index (χ4v) is 4.21. The largest absolute Gasteiger partial charge is 0.351 e. The lowest BCUT2D eigenvalue weighted by Gasteiger charge is -2.36. The molecule has 0 amide bonds. The van der Waals surface area contributed by atoms with Gasteiger partial charge in [-0.1, -0.05) is 5.16 Å². The van der Waals surface area contributed by atoms with Crippen LogP contribution in [-0.4, -0.2) is 48.8 Å². The third-order valence-corrected chi connectivity index (χ3v) is 5.89. The van der Waals surface area contributed by atoms with Gasteiger partial charge in [0.1, 0.15) is 5.82 Å². The van der Waals surface area contributed by atoms with Crippen LogP contribution in [0.4, 0.5) is 14.6 Å². The van der Waals surface area contributed by atoms with Gasteiger partial charge in [0.05, 0.1) is 5.39 Å². The maximum absolute atomic E-state index is 13.8. The number of anilines is 1. The van der Waals surface area contributed by atoms with Crippen molar-refractivity contribution in [2.75, 3.05) is 37.6 Å². The lowest BCUT2D eigenvalue weighted by molar-refractivity contribution is 0.216. The molecule has 150 valence electrons. The fourth-order valence-electron chi connectivity index (χ4n) is 4.21. The van der Waals surface area contributed by atoms with E-state index in [-0.39, 0.29) is 18.0 Å². The van der Waals surface area contributed by atoms with Gasteiger partial charge in [-0.2, -0.15) is 0 Å². The van der Waals surface area contributed by atoms with Crippen molar-refractivity contribution >= 4 is 29.2 Å². The van der Waals surface area contributed by atoms with Crippen LogP contribution in [0, 0.1) is 17.6 Å². The molecule has 0 atom stereocenters. The molecule has 4 rings (SSSR count). The molecule has 8 heteroatoms. The van der Waals surface area contributed by atoms with Gasteiger partial charge in [-0.05, 0) is 50.6 Å². The van der Waals surface area contributed by atoms with Gasteiger partial charge < -0.3 is 15.2 Å². The minimum Gasteiger partial charge on any atom is -0.351 e. The fraction of sp³-hybridized carbons (Fsp3) is 0.632. The van der Waals surface area contributed by atoms with E-state index in [0.717, 1.165) is 57.5 Å². The zero-order chi connectivity index (χ0) is 18.1. The average molecular weight is 401 g/mol. The van der Waals surface area contributed by atoms with Gasteiger partial charge in [-0.25, -0.2) is 8.78 Å². The highest BCUT2D eigenvalue weighted by Gasteiger charge is 2.24. The van der Waals surface area contributed by atoms with Gasteiger partial charge in [-0.15, -0.1) is 12.4 Å². The van der Waals surface area contributed by atoms with Gasteiger partial charge in [0, 0.05) is 38.3 Å². The quantitative estimate of drug-likeness (QED) is 0.850. The van der Waals surface area contributed by atoms with Crippen molar-refractivity contribution in [3.8, 4) is 0 Å². The van der Waals surface area contributed by atoms with E-state index in [2.05, 4.69) is 15.0 Å². The molecule has 5 nitrogen and oxygen atoms in total. The Labute approximate surface area is 164 Å². The van der Waals surface area contributed by atoms with E-state index in [1.54, 1.807) is 0 Å². The normalized spacial score (nSPS) is 24.2. The van der Waals surface area contributed by atoms with E-state index in [1.807, 2.05) is 0 Å². The van der Waals surface area contributed by atoms with Crippen molar-refractivity contribution < 1.29 is 13.3 Å². The van der Waals surface area contributed by atoms with Crippen LogP contribution in [0.15, 0.2) is 16.7 Å². The molecule has 2 heterocycles.